The van der Waals surface area contributed by atoms with E-state index in [9.17, 15) is 9.90 Å². The molecule has 2 atom stereocenters. The van der Waals surface area contributed by atoms with E-state index in [-0.39, 0.29) is 12.1 Å². The molecule has 3 nitrogen and oxygen atoms in total. The Morgan fingerprint density at radius 2 is 1.35 bits per heavy atom. The van der Waals surface area contributed by atoms with Crippen LogP contribution in [0.2, 0.25) is 0 Å². The summed E-state index contributed by atoms with van der Waals surface area (Å²) in [4.78, 5) is 11.1. The number of carbonyl (C=O) groups is 1. The zero-order valence-corrected chi connectivity index (χ0v) is 15.0. The summed E-state index contributed by atoms with van der Waals surface area (Å²) in [6.45, 7) is 2.26. The van der Waals surface area contributed by atoms with Gasteiger partial charge in [-0.05, 0) is 18.9 Å². The number of aliphatic hydroxyl groups is 1. The number of hydrogen-bond donors (Lipinski definition) is 1. The minimum atomic E-state index is -0.620. The lowest BCUT2D eigenvalue weighted by Gasteiger charge is -2.23. The van der Waals surface area contributed by atoms with E-state index in [4.69, 9.17) is 4.74 Å². The lowest BCUT2D eigenvalue weighted by molar-refractivity contribution is -0.149. The fourth-order valence-corrected chi connectivity index (χ4v) is 3.15. The molecule has 1 N–H and O–H groups in total. The van der Waals surface area contributed by atoms with Crippen molar-refractivity contribution in [2.45, 2.75) is 109 Å². The van der Waals surface area contributed by atoms with Gasteiger partial charge in [-0.2, -0.15) is 0 Å². The average molecular weight is 325 g/mol. The number of aliphatic hydroxyl groups excluding tert-OH is 1. The fourth-order valence-electron chi connectivity index (χ4n) is 3.15. The Morgan fingerprint density at radius 1 is 0.870 bits per heavy atom. The number of esters is 1. The number of unbranched alkanes of at least 4 members (excludes halogenated alkanes) is 12. The van der Waals surface area contributed by atoms with E-state index in [0.717, 1.165) is 12.8 Å². The van der Waals surface area contributed by atoms with Crippen molar-refractivity contribution in [3.63, 3.8) is 0 Å². The van der Waals surface area contributed by atoms with Crippen molar-refractivity contribution in [1.82, 2.24) is 0 Å². The first kappa shape index (κ1) is 20.2. The van der Waals surface area contributed by atoms with E-state index < -0.39 is 6.10 Å². The molecule has 0 bridgehead atoms. The van der Waals surface area contributed by atoms with Gasteiger partial charge in [-0.3, -0.25) is 0 Å². The lowest BCUT2D eigenvalue weighted by Crippen LogP contribution is -2.32. The molecule has 134 valence electrons. The van der Waals surface area contributed by atoms with Crippen molar-refractivity contribution in [2.24, 2.45) is 0 Å². The second-order valence-corrected chi connectivity index (χ2v) is 6.86. The number of ether oxygens (including phenoxy) is 1. The van der Waals surface area contributed by atoms with Crippen molar-refractivity contribution in [3.8, 4) is 0 Å². The predicted molar refractivity (Wildman–Crippen MR) is 95.3 cm³/mol. The summed E-state index contributed by atoms with van der Waals surface area (Å²) in [6.07, 6.45) is 19.9. The van der Waals surface area contributed by atoms with E-state index in [0.29, 0.717) is 0 Å². The Bertz CT molecular complexity index is 325. The first-order chi connectivity index (χ1) is 11.2. The highest BCUT2D eigenvalue weighted by Crippen LogP contribution is 2.17. The molecule has 0 saturated carbocycles. The normalized spacial score (nSPS) is 20.7. The molecule has 0 amide bonds. The molecule has 0 unspecified atom stereocenters. The predicted octanol–water partition coefficient (Wildman–Crippen LogP) is 5.31. The van der Waals surface area contributed by atoms with Crippen molar-refractivity contribution >= 4 is 5.97 Å². The Balaban J connectivity index is 1.81. The third kappa shape index (κ3) is 10.5. The summed E-state index contributed by atoms with van der Waals surface area (Å²) in [5.74, 6) is -0.324. The first-order valence-electron chi connectivity index (χ1n) is 9.81. The number of cyclic esters (lactones) is 1. The van der Waals surface area contributed by atoms with Gasteiger partial charge in [-0.15, -0.1) is 0 Å². The largest absolute Gasteiger partial charge is 0.456 e. The maximum Gasteiger partial charge on any atom is 0.330 e. The molecule has 0 aromatic heterocycles. The Morgan fingerprint density at radius 3 is 1.87 bits per heavy atom. The smallest absolute Gasteiger partial charge is 0.330 e. The van der Waals surface area contributed by atoms with Crippen LogP contribution in [0.3, 0.4) is 0 Å². The van der Waals surface area contributed by atoms with Crippen LogP contribution in [0, 0.1) is 0 Å². The molecule has 23 heavy (non-hydrogen) atoms. The average Bonchev–Trinajstić information content (AvgIpc) is 2.55. The molecule has 0 fully saturated rings. The van der Waals surface area contributed by atoms with Crippen molar-refractivity contribution in [2.75, 3.05) is 0 Å². The van der Waals surface area contributed by atoms with Crippen LogP contribution in [0.5, 0.6) is 0 Å². The standard InChI is InChI=1S/C20H36O3/c1-2-3-4-5-6-7-8-9-10-11-12-13-14-15-19-18(21)16-17-20(22)23-19/h16-19,21H,2-15H2,1H3/t18-,19-/m0/s1. The van der Waals surface area contributed by atoms with Crippen molar-refractivity contribution in [3.05, 3.63) is 12.2 Å². The van der Waals surface area contributed by atoms with Crippen LogP contribution in [0.25, 0.3) is 0 Å². The van der Waals surface area contributed by atoms with Gasteiger partial charge in [0.1, 0.15) is 12.2 Å². The summed E-state index contributed by atoms with van der Waals surface area (Å²) in [7, 11) is 0. The highest BCUT2D eigenvalue weighted by molar-refractivity contribution is 5.83. The van der Waals surface area contributed by atoms with Gasteiger partial charge in [0.2, 0.25) is 0 Å². The van der Waals surface area contributed by atoms with Crippen LogP contribution >= 0.6 is 0 Å². The summed E-state index contributed by atoms with van der Waals surface area (Å²) < 4.78 is 5.13. The molecule has 1 aliphatic rings. The van der Waals surface area contributed by atoms with Gasteiger partial charge in [-0.25, -0.2) is 4.79 Å². The van der Waals surface area contributed by atoms with E-state index in [1.165, 1.54) is 83.1 Å². The monoisotopic (exact) mass is 324 g/mol. The SMILES string of the molecule is CCCCCCCCCCCCCCC[C@@H]1OC(=O)C=C[C@@H]1O. The molecule has 0 radical (unpaired) electrons. The topological polar surface area (TPSA) is 46.5 Å². The molecule has 0 aliphatic carbocycles. The molecular formula is C20H36O3. The van der Waals surface area contributed by atoms with Gasteiger partial charge in [0.15, 0.2) is 0 Å². The second kappa shape index (κ2) is 13.6. The molecule has 0 aromatic carbocycles. The Kier molecular flexibility index (Phi) is 11.9. The van der Waals surface area contributed by atoms with Crippen LogP contribution in [0.1, 0.15) is 96.8 Å². The maximum absolute atomic E-state index is 11.1. The zero-order chi connectivity index (χ0) is 16.8. The van der Waals surface area contributed by atoms with Crippen LogP contribution in [-0.2, 0) is 9.53 Å². The molecular weight excluding hydrogens is 288 g/mol. The number of rotatable bonds is 14. The third-order valence-electron chi connectivity index (χ3n) is 4.67. The first-order valence-corrected chi connectivity index (χ1v) is 9.81. The fraction of sp³-hybridized carbons (Fsp3) is 0.850. The van der Waals surface area contributed by atoms with Crippen LogP contribution < -0.4 is 0 Å². The van der Waals surface area contributed by atoms with Gasteiger partial charge >= 0.3 is 5.97 Å². The van der Waals surface area contributed by atoms with Crippen LogP contribution in [0.4, 0.5) is 0 Å². The molecule has 1 heterocycles. The van der Waals surface area contributed by atoms with Crippen molar-refractivity contribution in [1.29, 1.82) is 0 Å². The maximum atomic E-state index is 11.1. The third-order valence-corrected chi connectivity index (χ3v) is 4.67. The second-order valence-electron chi connectivity index (χ2n) is 6.86. The highest BCUT2D eigenvalue weighted by Gasteiger charge is 2.23. The molecule has 1 aliphatic heterocycles. The minimum absolute atomic E-state index is 0.324. The zero-order valence-electron chi connectivity index (χ0n) is 15.0. The molecule has 0 spiro atoms. The molecule has 3 heteroatoms. The summed E-state index contributed by atoms with van der Waals surface area (Å²) in [6, 6.07) is 0. The summed E-state index contributed by atoms with van der Waals surface area (Å²) in [5.41, 5.74) is 0. The Labute approximate surface area is 142 Å². The van der Waals surface area contributed by atoms with Crippen LogP contribution in [0.15, 0.2) is 12.2 Å². The van der Waals surface area contributed by atoms with Crippen molar-refractivity contribution < 1.29 is 14.6 Å². The van der Waals surface area contributed by atoms with E-state index in [1.54, 1.807) is 6.08 Å². The number of carbonyl (C=O) groups excluding carboxylic acids is 1. The summed E-state index contributed by atoms with van der Waals surface area (Å²) >= 11 is 0. The Hall–Kier alpha value is -0.830. The molecule has 1 rings (SSSR count). The van der Waals surface area contributed by atoms with Gasteiger partial charge in [0.25, 0.3) is 0 Å². The van der Waals surface area contributed by atoms with Gasteiger partial charge in [0.05, 0.1) is 0 Å². The van der Waals surface area contributed by atoms with E-state index >= 15 is 0 Å². The van der Waals surface area contributed by atoms with E-state index in [1.807, 2.05) is 0 Å². The summed E-state index contributed by atoms with van der Waals surface area (Å²) in [5, 5.41) is 9.71. The quantitative estimate of drug-likeness (QED) is 0.348. The van der Waals surface area contributed by atoms with Gasteiger partial charge < -0.3 is 9.84 Å². The van der Waals surface area contributed by atoms with Gasteiger partial charge in [0, 0.05) is 6.08 Å². The van der Waals surface area contributed by atoms with Crippen LogP contribution in [-0.4, -0.2) is 23.3 Å². The molecule has 0 aromatic rings. The van der Waals surface area contributed by atoms with Gasteiger partial charge in [-0.1, -0.05) is 84.0 Å². The highest BCUT2D eigenvalue weighted by atomic mass is 16.6. The molecule has 0 saturated heterocycles. The number of hydrogen-bond acceptors (Lipinski definition) is 3. The lowest BCUT2D eigenvalue weighted by atomic mass is 10.0. The minimum Gasteiger partial charge on any atom is -0.456 e. The van der Waals surface area contributed by atoms with E-state index in [2.05, 4.69) is 6.92 Å².